The van der Waals surface area contributed by atoms with Crippen LogP contribution in [0.3, 0.4) is 0 Å². The molecule has 0 heterocycles. The van der Waals surface area contributed by atoms with Gasteiger partial charge in [-0.05, 0) is 29.8 Å². The van der Waals surface area contributed by atoms with Crippen molar-refractivity contribution in [1.29, 1.82) is 0 Å². The van der Waals surface area contributed by atoms with E-state index in [0.717, 1.165) is 30.5 Å². The van der Waals surface area contributed by atoms with Crippen LogP contribution in [0.25, 0.3) is 0 Å². The normalized spacial score (nSPS) is 11.9. The lowest BCUT2D eigenvalue weighted by Crippen LogP contribution is -2.05. The Morgan fingerprint density at radius 2 is 1.76 bits per heavy atom. The smallest absolute Gasteiger partial charge is 0.276 e. The van der Waals surface area contributed by atoms with Crippen LogP contribution in [0.2, 0.25) is 0 Å². The Kier molecular flexibility index (Phi) is 4.21. The molecule has 0 bridgehead atoms. The summed E-state index contributed by atoms with van der Waals surface area (Å²) in [7, 11) is 0. The first-order valence-corrected chi connectivity index (χ1v) is 5.77. The van der Waals surface area contributed by atoms with E-state index in [1.54, 1.807) is 0 Å². The highest BCUT2D eigenvalue weighted by Gasteiger charge is 2.30. The van der Waals surface area contributed by atoms with Crippen LogP contribution < -0.4 is 5.43 Å². The van der Waals surface area contributed by atoms with Crippen molar-refractivity contribution >= 4 is 11.9 Å². The first-order valence-electron chi connectivity index (χ1n) is 5.77. The monoisotopic (exact) mass is 300 g/mol. The molecule has 0 fully saturated rings. The molecule has 0 aliphatic rings. The van der Waals surface area contributed by atoms with Crippen LogP contribution in [0.5, 0.6) is 0 Å². The first kappa shape index (κ1) is 15.0. The first-order chi connectivity index (χ1) is 9.86. The van der Waals surface area contributed by atoms with Crippen LogP contribution in [0, 0.1) is 11.6 Å². The molecular weight excluding hydrogens is 291 g/mol. The number of hydrogen-bond acceptors (Lipinski definition) is 2. The Hall–Kier alpha value is -2.44. The minimum atomic E-state index is -4.44. The molecule has 0 atom stereocenters. The fraction of sp³-hybridized carbons (Fsp3) is 0.0714. The standard InChI is InChI=1S/C14H9F5N2/c15-11-4-5-13(12(16)7-11)21-20-8-9-2-1-3-10(6-9)14(17,18)19/h1-8,21H. The number of halogens is 5. The predicted molar refractivity (Wildman–Crippen MR) is 69.0 cm³/mol. The molecule has 2 nitrogen and oxygen atoms in total. The van der Waals surface area contributed by atoms with Gasteiger partial charge >= 0.3 is 6.18 Å². The van der Waals surface area contributed by atoms with Crippen molar-refractivity contribution in [2.45, 2.75) is 6.18 Å². The predicted octanol–water partition coefficient (Wildman–Crippen LogP) is 4.43. The van der Waals surface area contributed by atoms with E-state index >= 15 is 0 Å². The van der Waals surface area contributed by atoms with E-state index in [1.807, 2.05) is 0 Å². The van der Waals surface area contributed by atoms with E-state index in [0.29, 0.717) is 6.07 Å². The third kappa shape index (κ3) is 4.01. The molecule has 2 rings (SSSR count). The fourth-order valence-corrected chi connectivity index (χ4v) is 1.55. The Bertz CT molecular complexity index is 665. The number of nitrogens with one attached hydrogen (secondary N) is 1. The summed E-state index contributed by atoms with van der Waals surface area (Å²) in [4.78, 5) is 0. The van der Waals surface area contributed by atoms with Crippen molar-refractivity contribution < 1.29 is 22.0 Å². The summed E-state index contributed by atoms with van der Waals surface area (Å²) < 4.78 is 63.5. The van der Waals surface area contributed by atoms with E-state index < -0.39 is 23.4 Å². The number of anilines is 1. The van der Waals surface area contributed by atoms with Gasteiger partial charge in [-0.1, -0.05) is 12.1 Å². The van der Waals surface area contributed by atoms with Crippen molar-refractivity contribution in [3.63, 3.8) is 0 Å². The zero-order valence-electron chi connectivity index (χ0n) is 10.5. The van der Waals surface area contributed by atoms with Gasteiger partial charge in [0.2, 0.25) is 0 Å². The molecule has 0 saturated carbocycles. The maximum absolute atomic E-state index is 13.3. The summed E-state index contributed by atoms with van der Waals surface area (Å²) >= 11 is 0. The molecule has 0 aliphatic carbocycles. The Morgan fingerprint density at radius 3 is 2.43 bits per heavy atom. The number of hydrogen-bond donors (Lipinski definition) is 1. The van der Waals surface area contributed by atoms with Gasteiger partial charge in [0.25, 0.3) is 0 Å². The molecule has 0 aliphatic heterocycles. The summed E-state index contributed by atoms with van der Waals surface area (Å²) in [6.45, 7) is 0. The average Bonchev–Trinajstić information content (AvgIpc) is 2.41. The fourth-order valence-electron chi connectivity index (χ4n) is 1.55. The van der Waals surface area contributed by atoms with Crippen LogP contribution >= 0.6 is 0 Å². The Balaban J connectivity index is 2.11. The van der Waals surface area contributed by atoms with E-state index in [-0.39, 0.29) is 11.3 Å². The number of rotatable bonds is 3. The number of hydrazone groups is 1. The molecule has 110 valence electrons. The lowest BCUT2D eigenvalue weighted by atomic mass is 10.1. The van der Waals surface area contributed by atoms with Gasteiger partial charge in [0.05, 0.1) is 17.5 Å². The average molecular weight is 300 g/mol. The van der Waals surface area contributed by atoms with Gasteiger partial charge in [-0.3, -0.25) is 5.43 Å². The Labute approximate surface area is 116 Å². The molecule has 1 N–H and O–H groups in total. The summed E-state index contributed by atoms with van der Waals surface area (Å²) in [6.07, 6.45) is -3.33. The van der Waals surface area contributed by atoms with Crippen LogP contribution in [-0.4, -0.2) is 6.21 Å². The summed E-state index contributed by atoms with van der Waals surface area (Å²) in [6, 6.07) is 7.34. The van der Waals surface area contributed by atoms with E-state index in [9.17, 15) is 22.0 Å². The van der Waals surface area contributed by atoms with Crippen molar-refractivity contribution in [2.24, 2.45) is 5.10 Å². The maximum Gasteiger partial charge on any atom is 0.416 e. The van der Waals surface area contributed by atoms with Crippen molar-refractivity contribution in [1.82, 2.24) is 0 Å². The van der Waals surface area contributed by atoms with Gasteiger partial charge in [-0.2, -0.15) is 18.3 Å². The molecule has 21 heavy (non-hydrogen) atoms. The zero-order chi connectivity index (χ0) is 15.5. The highest BCUT2D eigenvalue weighted by Crippen LogP contribution is 2.29. The lowest BCUT2D eigenvalue weighted by Gasteiger charge is -2.06. The van der Waals surface area contributed by atoms with Crippen molar-refractivity contribution in [2.75, 3.05) is 5.43 Å². The maximum atomic E-state index is 13.3. The third-order valence-corrected chi connectivity index (χ3v) is 2.54. The zero-order valence-corrected chi connectivity index (χ0v) is 10.5. The molecular formula is C14H9F5N2. The van der Waals surface area contributed by atoms with Gasteiger partial charge in [0.15, 0.2) is 5.82 Å². The number of alkyl halides is 3. The Morgan fingerprint density at radius 1 is 1.00 bits per heavy atom. The topological polar surface area (TPSA) is 24.4 Å². The lowest BCUT2D eigenvalue weighted by molar-refractivity contribution is -0.137. The molecule has 2 aromatic rings. The van der Waals surface area contributed by atoms with Gasteiger partial charge < -0.3 is 0 Å². The van der Waals surface area contributed by atoms with Crippen LogP contribution in [-0.2, 0) is 6.18 Å². The highest BCUT2D eigenvalue weighted by atomic mass is 19.4. The van der Waals surface area contributed by atoms with Crippen LogP contribution in [0.1, 0.15) is 11.1 Å². The molecule has 0 amide bonds. The van der Waals surface area contributed by atoms with Gasteiger partial charge in [0.1, 0.15) is 5.82 Å². The highest BCUT2D eigenvalue weighted by molar-refractivity contribution is 5.80. The number of benzene rings is 2. The van der Waals surface area contributed by atoms with Crippen LogP contribution in [0.4, 0.5) is 27.6 Å². The molecule has 0 aromatic heterocycles. The minimum absolute atomic E-state index is 0.0837. The third-order valence-electron chi connectivity index (χ3n) is 2.54. The van der Waals surface area contributed by atoms with Gasteiger partial charge in [-0.25, -0.2) is 8.78 Å². The molecule has 7 heteroatoms. The second-order valence-electron chi connectivity index (χ2n) is 4.12. The minimum Gasteiger partial charge on any atom is -0.276 e. The van der Waals surface area contributed by atoms with Gasteiger partial charge in [-0.15, -0.1) is 0 Å². The molecule has 0 spiro atoms. The quantitative estimate of drug-likeness (QED) is 0.506. The molecule has 0 saturated heterocycles. The van der Waals surface area contributed by atoms with E-state index in [2.05, 4.69) is 10.5 Å². The van der Waals surface area contributed by atoms with Crippen molar-refractivity contribution in [3.8, 4) is 0 Å². The van der Waals surface area contributed by atoms with Crippen LogP contribution in [0.15, 0.2) is 47.6 Å². The second kappa shape index (κ2) is 5.90. The number of nitrogens with zero attached hydrogens (tertiary/aromatic N) is 1. The summed E-state index contributed by atoms with van der Waals surface area (Å²) in [5, 5.41) is 3.62. The molecule has 0 unspecified atom stereocenters. The molecule has 0 radical (unpaired) electrons. The van der Waals surface area contributed by atoms with E-state index in [4.69, 9.17) is 0 Å². The van der Waals surface area contributed by atoms with Crippen molar-refractivity contribution in [3.05, 3.63) is 65.2 Å². The summed E-state index contributed by atoms with van der Waals surface area (Å²) in [5.74, 6) is -1.59. The largest absolute Gasteiger partial charge is 0.416 e. The second-order valence-corrected chi connectivity index (χ2v) is 4.12. The SMILES string of the molecule is Fc1ccc(NN=Cc2cccc(C(F)(F)F)c2)c(F)c1. The van der Waals surface area contributed by atoms with E-state index in [1.165, 1.54) is 12.1 Å². The molecule has 2 aromatic carbocycles. The van der Waals surface area contributed by atoms with Gasteiger partial charge in [0, 0.05) is 6.07 Å². The summed E-state index contributed by atoms with van der Waals surface area (Å²) in [5.41, 5.74) is 1.60.